The van der Waals surface area contributed by atoms with E-state index in [4.69, 9.17) is 16.3 Å². The molecule has 0 saturated heterocycles. The Hall–Kier alpha value is -0.0500. The molecular weight excluding hydrogens is 275 g/mol. The third kappa shape index (κ3) is 4.13. The van der Waals surface area contributed by atoms with Gasteiger partial charge >= 0.3 is 0 Å². The van der Waals surface area contributed by atoms with Gasteiger partial charge in [-0.15, -0.1) is 0 Å². The van der Waals surface area contributed by atoms with Crippen LogP contribution >= 0.6 is 27.5 Å². The lowest BCUT2D eigenvalue weighted by Gasteiger charge is -2.15. The Morgan fingerprint density at radius 3 is 2.73 bits per heavy atom. The van der Waals surface area contributed by atoms with Crippen LogP contribution in [0.5, 0.6) is 0 Å². The first-order valence-electron chi connectivity index (χ1n) is 5.09. The SMILES string of the molecule is COCCCC(CBr)c1ccccc1Cl. The van der Waals surface area contributed by atoms with Crippen LogP contribution in [0.2, 0.25) is 5.02 Å². The maximum atomic E-state index is 6.16. The van der Waals surface area contributed by atoms with E-state index in [0.717, 1.165) is 29.8 Å². The Morgan fingerprint density at radius 2 is 2.13 bits per heavy atom. The van der Waals surface area contributed by atoms with Crippen molar-refractivity contribution in [1.29, 1.82) is 0 Å². The van der Waals surface area contributed by atoms with Crippen LogP contribution in [0.3, 0.4) is 0 Å². The molecule has 1 atom stereocenters. The summed E-state index contributed by atoms with van der Waals surface area (Å²) < 4.78 is 5.05. The first-order valence-corrected chi connectivity index (χ1v) is 6.59. The highest BCUT2D eigenvalue weighted by molar-refractivity contribution is 9.09. The van der Waals surface area contributed by atoms with E-state index in [2.05, 4.69) is 22.0 Å². The van der Waals surface area contributed by atoms with Gasteiger partial charge in [-0.2, -0.15) is 0 Å². The van der Waals surface area contributed by atoms with Crippen molar-refractivity contribution in [2.45, 2.75) is 18.8 Å². The van der Waals surface area contributed by atoms with E-state index in [9.17, 15) is 0 Å². The number of ether oxygens (including phenoxy) is 1. The van der Waals surface area contributed by atoms with E-state index in [0.29, 0.717) is 5.92 Å². The van der Waals surface area contributed by atoms with Gasteiger partial charge in [0, 0.05) is 24.1 Å². The minimum atomic E-state index is 0.480. The molecule has 0 aliphatic rings. The molecule has 1 nitrogen and oxygen atoms in total. The molecule has 84 valence electrons. The first-order chi connectivity index (χ1) is 7.29. The highest BCUT2D eigenvalue weighted by Crippen LogP contribution is 2.29. The standard InChI is InChI=1S/C12H16BrClO/c1-15-8-4-5-10(9-13)11-6-2-3-7-12(11)14/h2-3,6-7,10H,4-5,8-9H2,1H3. The minimum Gasteiger partial charge on any atom is -0.385 e. The number of hydrogen-bond donors (Lipinski definition) is 0. The fourth-order valence-corrected chi connectivity index (χ4v) is 2.56. The van der Waals surface area contributed by atoms with E-state index < -0.39 is 0 Å². The van der Waals surface area contributed by atoms with E-state index in [1.165, 1.54) is 5.56 Å². The van der Waals surface area contributed by atoms with Gasteiger partial charge in [-0.05, 0) is 30.4 Å². The van der Waals surface area contributed by atoms with Crippen molar-refractivity contribution in [1.82, 2.24) is 0 Å². The Kier molecular flexibility index (Phi) is 6.30. The number of halogens is 2. The second-order valence-corrected chi connectivity index (χ2v) is 4.56. The van der Waals surface area contributed by atoms with Crippen molar-refractivity contribution < 1.29 is 4.74 Å². The van der Waals surface area contributed by atoms with Crippen molar-refractivity contribution >= 4 is 27.5 Å². The topological polar surface area (TPSA) is 9.23 Å². The van der Waals surface area contributed by atoms with Gasteiger partial charge in [-0.25, -0.2) is 0 Å². The number of methoxy groups -OCH3 is 1. The van der Waals surface area contributed by atoms with Crippen molar-refractivity contribution in [3.63, 3.8) is 0 Å². The third-order valence-electron chi connectivity index (χ3n) is 2.43. The smallest absolute Gasteiger partial charge is 0.0462 e. The Bertz CT molecular complexity index is 291. The third-order valence-corrected chi connectivity index (χ3v) is 3.56. The molecule has 1 unspecified atom stereocenters. The van der Waals surface area contributed by atoms with Gasteiger partial charge in [0.15, 0.2) is 0 Å². The van der Waals surface area contributed by atoms with Crippen molar-refractivity contribution in [2.24, 2.45) is 0 Å². The zero-order valence-electron chi connectivity index (χ0n) is 8.88. The van der Waals surface area contributed by atoms with Gasteiger partial charge < -0.3 is 4.74 Å². The van der Waals surface area contributed by atoms with Gasteiger partial charge in [0.1, 0.15) is 0 Å². The van der Waals surface area contributed by atoms with E-state index in [1.54, 1.807) is 7.11 Å². The van der Waals surface area contributed by atoms with Crippen molar-refractivity contribution in [3.8, 4) is 0 Å². The number of benzene rings is 1. The summed E-state index contributed by atoms with van der Waals surface area (Å²) in [5.41, 5.74) is 1.23. The van der Waals surface area contributed by atoms with Crippen LogP contribution in [0.15, 0.2) is 24.3 Å². The molecule has 0 heterocycles. The van der Waals surface area contributed by atoms with Crippen LogP contribution in [0, 0.1) is 0 Å². The fraction of sp³-hybridized carbons (Fsp3) is 0.500. The zero-order valence-corrected chi connectivity index (χ0v) is 11.2. The molecule has 0 amide bonds. The summed E-state index contributed by atoms with van der Waals surface area (Å²) in [7, 11) is 1.73. The molecular formula is C12H16BrClO. The molecule has 3 heteroatoms. The summed E-state index contributed by atoms with van der Waals surface area (Å²) in [6.07, 6.45) is 2.17. The molecule has 0 N–H and O–H groups in total. The lowest BCUT2D eigenvalue weighted by atomic mass is 9.96. The molecule has 0 spiro atoms. The molecule has 15 heavy (non-hydrogen) atoms. The normalized spacial score (nSPS) is 12.7. The number of alkyl halides is 1. The molecule has 0 aliphatic carbocycles. The Morgan fingerprint density at radius 1 is 1.40 bits per heavy atom. The Balaban J connectivity index is 2.61. The molecule has 0 fully saturated rings. The van der Waals surface area contributed by atoms with Crippen LogP contribution in [-0.2, 0) is 4.74 Å². The van der Waals surface area contributed by atoms with Crippen LogP contribution in [-0.4, -0.2) is 19.0 Å². The predicted molar refractivity (Wildman–Crippen MR) is 69.1 cm³/mol. The monoisotopic (exact) mass is 290 g/mol. The Labute approximate surface area is 105 Å². The minimum absolute atomic E-state index is 0.480. The lowest BCUT2D eigenvalue weighted by Crippen LogP contribution is -2.03. The summed E-state index contributed by atoms with van der Waals surface area (Å²) in [4.78, 5) is 0. The van der Waals surface area contributed by atoms with Crippen LogP contribution in [0.4, 0.5) is 0 Å². The molecule has 0 radical (unpaired) electrons. The average Bonchev–Trinajstić information content (AvgIpc) is 2.26. The molecule has 0 aromatic heterocycles. The summed E-state index contributed by atoms with van der Waals surface area (Å²) in [5.74, 6) is 0.480. The van der Waals surface area contributed by atoms with E-state index in [-0.39, 0.29) is 0 Å². The maximum Gasteiger partial charge on any atom is 0.0462 e. The van der Waals surface area contributed by atoms with Crippen molar-refractivity contribution in [3.05, 3.63) is 34.9 Å². The molecule has 0 bridgehead atoms. The van der Waals surface area contributed by atoms with Gasteiger partial charge in [0.2, 0.25) is 0 Å². The highest BCUT2D eigenvalue weighted by atomic mass is 79.9. The van der Waals surface area contributed by atoms with Crippen molar-refractivity contribution in [2.75, 3.05) is 19.0 Å². The van der Waals surface area contributed by atoms with E-state index >= 15 is 0 Å². The van der Waals surface area contributed by atoms with E-state index in [1.807, 2.05) is 18.2 Å². The summed E-state index contributed by atoms with van der Waals surface area (Å²) in [5, 5.41) is 1.81. The van der Waals surface area contributed by atoms with Gasteiger partial charge in [-0.3, -0.25) is 0 Å². The predicted octanol–water partition coefficient (Wildman–Crippen LogP) is 4.25. The molecule has 0 aliphatic heterocycles. The summed E-state index contributed by atoms with van der Waals surface area (Å²) in [6.45, 7) is 0.813. The lowest BCUT2D eigenvalue weighted by molar-refractivity contribution is 0.191. The molecule has 1 aromatic rings. The molecule has 0 saturated carbocycles. The summed E-state index contributed by atoms with van der Waals surface area (Å²) in [6, 6.07) is 8.05. The molecule has 1 aromatic carbocycles. The second-order valence-electron chi connectivity index (χ2n) is 3.51. The van der Waals surface area contributed by atoms with Gasteiger partial charge in [0.25, 0.3) is 0 Å². The average molecular weight is 292 g/mol. The largest absolute Gasteiger partial charge is 0.385 e. The first kappa shape index (κ1) is 13.0. The fourth-order valence-electron chi connectivity index (χ4n) is 1.60. The van der Waals surface area contributed by atoms with Crippen LogP contribution < -0.4 is 0 Å². The number of rotatable bonds is 6. The zero-order chi connectivity index (χ0) is 11.1. The maximum absolute atomic E-state index is 6.16. The van der Waals surface area contributed by atoms with Gasteiger partial charge in [0.05, 0.1) is 0 Å². The number of hydrogen-bond acceptors (Lipinski definition) is 1. The van der Waals surface area contributed by atoms with Crippen LogP contribution in [0.1, 0.15) is 24.3 Å². The second kappa shape index (κ2) is 7.26. The highest BCUT2D eigenvalue weighted by Gasteiger charge is 2.12. The summed E-state index contributed by atoms with van der Waals surface area (Å²) >= 11 is 9.70. The van der Waals surface area contributed by atoms with Crippen LogP contribution in [0.25, 0.3) is 0 Å². The quantitative estimate of drug-likeness (QED) is 0.562. The molecule has 1 rings (SSSR count). The van der Waals surface area contributed by atoms with Gasteiger partial charge in [-0.1, -0.05) is 45.7 Å².